The highest BCUT2D eigenvalue weighted by Gasteiger charge is 2.23. The van der Waals surface area contributed by atoms with Gasteiger partial charge in [-0.05, 0) is 44.2 Å². The predicted molar refractivity (Wildman–Crippen MR) is 96.3 cm³/mol. The summed E-state index contributed by atoms with van der Waals surface area (Å²) < 4.78 is 32.3. The standard InChI is InChI=1S/C18H16ClNO4S/c1-12-3-6-15(7-4-12)25(22,23)20-10-17(13(2)24-11-21)16-9-14(19)5-8-18(16)20/h3-11,13H,1-2H3. The van der Waals surface area contributed by atoms with Gasteiger partial charge in [-0.25, -0.2) is 12.4 Å². The summed E-state index contributed by atoms with van der Waals surface area (Å²) in [6, 6.07) is 11.6. The lowest BCUT2D eigenvalue weighted by molar-refractivity contribution is -0.133. The van der Waals surface area contributed by atoms with Gasteiger partial charge in [0.05, 0.1) is 10.4 Å². The van der Waals surface area contributed by atoms with Crippen LogP contribution in [0.2, 0.25) is 5.02 Å². The number of rotatable bonds is 5. The maximum absolute atomic E-state index is 13.1. The van der Waals surface area contributed by atoms with E-state index >= 15 is 0 Å². The molecule has 130 valence electrons. The molecule has 0 aliphatic rings. The van der Waals surface area contributed by atoms with Gasteiger partial charge < -0.3 is 4.74 Å². The van der Waals surface area contributed by atoms with Crippen molar-refractivity contribution in [1.29, 1.82) is 0 Å². The Hall–Kier alpha value is -2.31. The van der Waals surface area contributed by atoms with Crippen molar-refractivity contribution >= 4 is 39.0 Å². The Morgan fingerprint density at radius 3 is 2.48 bits per heavy atom. The molecule has 3 rings (SSSR count). The number of fused-ring (bicyclic) bond motifs is 1. The molecule has 0 saturated carbocycles. The quantitative estimate of drug-likeness (QED) is 0.628. The summed E-state index contributed by atoms with van der Waals surface area (Å²) in [4.78, 5) is 10.9. The van der Waals surface area contributed by atoms with E-state index in [1.165, 1.54) is 10.2 Å². The summed E-state index contributed by atoms with van der Waals surface area (Å²) in [5.41, 5.74) is 2.01. The monoisotopic (exact) mass is 377 g/mol. The maximum atomic E-state index is 13.1. The summed E-state index contributed by atoms with van der Waals surface area (Å²) in [6.45, 7) is 3.90. The fourth-order valence-corrected chi connectivity index (χ4v) is 4.25. The molecule has 3 aromatic rings. The second-order valence-electron chi connectivity index (χ2n) is 5.73. The number of ether oxygens (including phenoxy) is 1. The van der Waals surface area contributed by atoms with Crippen LogP contribution in [0.5, 0.6) is 0 Å². The number of nitrogens with zero attached hydrogens (tertiary/aromatic N) is 1. The molecule has 0 bridgehead atoms. The van der Waals surface area contributed by atoms with Crippen molar-refractivity contribution in [1.82, 2.24) is 3.97 Å². The van der Waals surface area contributed by atoms with Crippen LogP contribution in [0.25, 0.3) is 10.9 Å². The molecule has 0 aliphatic carbocycles. The third-order valence-electron chi connectivity index (χ3n) is 4.04. The Balaban J connectivity index is 2.25. The van der Waals surface area contributed by atoms with E-state index in [4.69, 9.17) is 16.3 Å². The van der Waals surface area contributed by atoms with Gasteiger partial charge in [0.15, 0.2) is 0 Å². The Bertz CT molecular complexity index is 1040. The summed E-state index contributed by atoms with van der Waals surface area (Å²) in [5, 5.41) is 1.09. The van der Waals surface area contributed by atoms with Gasteiger partial charge in [-0.2, -0.15) is 0 Å². The first kappa shape index (κ1) is 17.5. The van der Waals surface area contributed by atoms with Crippen molar-refractivity contribution in [2.24, 2.45) is 0 Å². The zero-order valence-electron chi connectivity index (χ0n) is 13.6. The highest BCUT2D eigenvalue weighted by atomic mass is 35.5. The van der Waals surface area contributed by atoms with E-state index in [0.29, 0.717) is 28.0 Å². The summed E-state index contributed by atoms with van der Waals surface area (Å²) in [6.07, 6.45) is 0.873. The molecule has 1 heterocycles. The lowest BCUT2D eigenvalue weighted by Gasteiger charge is -2.08. The summed E-state index contributed by atoms with van der Waals surface area (Å²) in [7, 11) is -3.79. The number of halogens is 1. The lowest BCUT2D eigenvalue weighted by Crippen LogP contribution is -2.12. The molecule has 25 heavy (non-hydrogen) atoms. The van der Waals surface area contributed by atoms with Gasteiger partial charge in [0.1, 0.15) is 6.10 Å². The third kappa shape index (κ3) is 3.15. The minimum absolute atomic E-state index is 0.181. The van der Waals surface area contributed by atoms with Gasteiger partial charge in [0.25, 0.3) is 16.5 Å². The molecule has 0 saturated heterocycles. The summed E-state index contributed by atoms with van der Waals surface area (Å²) in [5.74, 6) is 0. The molecule has 0 spiro atoms. The number of aryl methyl sites for hydroxylation is 1. The van der Waals surface area contributed by atoms with Crippen molar-refractivity contribution in [3.8, 4) is 0 Å². The first-order valence-electron chi connectivity index (χ1n) is 7.56. The second kappa shape index (κ2) is 6.54. The second-order valence-corrected chi connectivity index (χ2v) is 7.99. The van der Waals surface area contributed by atoms with Crippen molar-refractivity contribution < 1.29 is 17.9 Å². The molecule has 1 atom stereocenters. The van der Waals surface area contributed by atoms with E-state index < -0.39 is 16.1 Å². The third-order valence-corrected chi connectivity index (χ3v) is 5.96. The molecule has 0 N–H and O–H groups in total. The van der Waals surface area contributed by atoms with Crippen molar-refractivity contribution in [2.75, 3.05) is 0 Å². The van der Waals surface area contributed by atoms with Crippen LogP contribution in [0.3, 0.4) is 0 Å². The van der Waals surface area contributed by atoms with Crippen LogP contribution in [0, 0.1) is 6.92 Å². The Morgan fingerprint density at radius 2 is 1.84 bits per heavy atom. The zero-order valence-corrected chi connectivity index (χ0v) is 15.2. The normalized spacial score (nSPS) is 12.9. The van der Waals surface area contributed by atoms with Gasteiger partial charge in [-0.3, -0.25) is 4.79 Å². The van der Waals surface area contributed by atoms with Crippen LogP contribution in [-0.2, 0) is 19.6 Å². The molecule has 0 amide bonds. The predicted octanol–water partition coefficient (Wildman–Crippen LogP) is 4.07. The molecule has 0 aliphatic heterocycles. The van der Waals surface area contributed by atoms with E-state index in [9.17, 15) is 13.2 Å². The van der Waals surface area contributed by atoms with E-state index in [-0.39, 0.29) is 4.90 Å². The van der Waals surface area contributed by atoms with Gasteiger partial charge >= 0.3 is 0 Å². The van der Waals surface area contributed by atoms with Crippen LogP contribution in [-0.4, -0.2) is 18.9 Å². The fourth-order valence-electron chi connectivity index (χ4n) is 2.70. The van der Waals surface area contributed by atoms with Crippen LogP contribution < -0.4 is 0 Å². The van der Waals surface area contributed by atoms with Crippen LogP contribution in [0.1, 0.15) is 24.2 Å². The van der Waals surface area contributed by atoms with Crippen LogP contribution in [0.4, 0.5) is 0 Å². The number of hydrogen-bond donors (Lipinski definition) is 0. The zero-order chi connectivity index (χ0) is 18.2. The van der Waals surface area contributed by atoms with Gasteiger partial charge in [0, 0.05) is 22.2 Å². The van der Waals surface area contributed by atoms with Gasteiger partial charge in [-0.1, -0.05) is 29.3 Å². The van der Waals surface area contributed by atoms with Crippen molar-refractivity contribution in [2.45, 2.75) is 24.8 Å². The highest BCUT2D eigenvalue weighted by Crippen LogP contribution is 2.32. The molecule has 0 fully saturated rings. The van der Waals surface area contributed by atoms with Gasteiger partial charge in [0.2, 0.25) is 0 Å². The number of carbonyl (C=O) groups excluding carboxylic acids is 1. The lowest BCUT2D eigenvalue weighted by atomic mass is 10.1. The first-order chi connectivity index (χ1) is 11.8. The average Bonchev–Trinajstić information content (AvgIpc) is 2.95. The highest BCUT2D eigenvalue weighted by molar-refractivity contribution is 7.90. The molecular weight excluding hydrogens is 362 g/mol. The van der Waals surface area contributed by atoms with Gasteiger partial charge in [-0.15, -0.1) is 0 Å². The molecule has 0 radical (unpaired) electrons. The van der Waals surface area contributed by atoms with E-state index in [0.717, 1.165) is 5.56 Å². The minimum Gasteiger partial charge on any atom is -0.460 e. The number of carbonyl (C=O) groups is 1. The Labute approximate surface area is 150 Å². The molecule has 2 aromatic carbocycles. The molecule has 7 heteroatoms. The van der Waals surface area contributed by atoms with Crippen LogP contribution in [0.15, 0.2) is 53.6 Å². The number of aromatic nitrogens is 1. The van der Waals surface area contributed by atoms with Crippen molar-refractivity contribution in [3.63, 3.8) is 0 Å². The molecular formula is C18H16ClNO4S. The average molecular weight is 378 g/mol. The van der Waals surface area contributed by atoms with E-state index in [2.05, 4.69) is 0 Å². The first-order valence-corrected chi connectivity index (χ1v) is 9.38. The smallest absolute Gasteiger partial charge is 0.293 e. The fraction of sp³-hybridized carbons (Fsp3) is 0.167. The largest absolute Gasteiger partial charge is 0.460 e. The number of benzene rings is 2. The topological polar surface area (TPSA) is 65.4 Å². The Morgan fingerprint density at radius 1 is 1.16 bits per heavy atom. The maximum Gasteiger partial charge on any atom is 0.293 e. The molecule has 1 unspecified atom stereocenters. The van der Waals surface area contributed by atoms with E-state index in [1.54, 1.807) is 49.4 Å². The SMILES string of the molecule is Cc1ccc(S(=O)(=O)n2cc(C(C)OC=O)c3cc(Cl)ccc32)cc1. The van der Waals surface area contributed by atoms with E-state index in [1.807, 2.05) is 6.92 Å². The van der Waals surface area contributed by atoms with Crippen molar-refractivity contribution in [3.05, 3.63) is 64.8 Å². The minimum atomic E-state index is -3.79. The summed E-state index contributed by atoms with van der Waals surface area (Å²) >= 11 is 6.06. The molecule has 1 aromatic heterocycles. The molecule has 5 nitrogen and oxygen atoms in total. The Kier molecular flexibility index (Phi) is 4.58. The number of hydrogen-bond acceptors (Lipinski definition) is 4. The van der Waals surface area contributed by atoms with Crippen LogP contribution >= 0.6 is 11.6 Å².